The minimum absolute atomic E-state index is 0.132. The molecule has 1 atom stereocenters. The normalized spacial score (nSPS) is 11.9. The van der Waals surface area contributed by atoms with E-state index in [1.165, 1.54) is 11.3 Å². The van der Waals surface area contributed by atoms with Gasteiger partial charge in [0.15, 0.2) is 0 Å². The van der Waals surface area contributed by atoms with Crippen molar-refractivity contribution in [3.63, 3.8) is 0 Å². The second kappa shape index (κ2) is 9.79. The van der Waals surface area contributed by atoms with E-state index in [2.05, 4.69) is 26.1 Å². The van der Waals surface area contributed by atoms with E-state index in [1.807, 2.05) is 87.5 Å². The molecule has 4 aromatic rings. The number of hydrogen-bond acceptors (Lipinski definition) is 5. The van der Waals surface area contributed by atoms with Crippen LogP contribution >= 0.6 is 11.3 Å². The summed E-state index contributed by atoms with van der Waals surface area (Å²) in [5, 5.41) is 19.8. The summed E-state index contributed by atoms with van der Waals surface area (Å²) in [5.74, 6) is -0.475. The predicted octanol–water partition coefficient (Wildman–Crippen LogP) is 5.45. The van der Waals surface area contributed by atoms with Gasteiger partial charge in [-0.25, -0.2) is 4.79 Å². The Morgan fingerprint density at radius 3 is 2.45 bits per heavy atom. The molecule has 8 heteroatoms. The molecule has 1 unspecified atom stereocenters. The number of carbonyl (C=O) groups is 2. The Morgan fingerprint density at radius 2 is 1.67 bits per heavy atom. The highest BCUT2D eigenvalue weighted by molar-refractivity contribution is 7.18. The molecule has 0 bridgehead atoms. The molecule has 0 aliphatic carbocycles. The van der Waals surface area contributed by atoms with Crippen molar-refractivity contribution in [3.05, 3.63) is 72.3 Å². The minimum Gasteiger partial charge on any atom is -0.326 e. The van der Waals surface area contributed by atoms with Crippen molar-refractivity contribution in [1.82, 2.24) is 15.5 Å². The SMILES string of the molecule is Cc1cccc(-c2nnc(NC(=O)C(NC(=O)Nc3cccc4ccccc34)C(C)C)s2)c1. The molecular formula is C25H25N5O2S. The van der Waals surface area contributed by atoms with Crippen LogP contribution in [0.25, 0.3) is 21.3 Å². The fourth-order valence-corrected chi connectivity index (χ4v) is 4.26. The molecule has 0 radical (unpaired) electrons. The highest BCUT2D eigenvalue weighted by Gasteiger charge is 2.25. The lowest BCUT2D eigenvalue weighted by Gasteiger charge is -2.21. The first kappa shape index (κ1) is 22.4. The number of amides is 3. The quantitative estimate of drug-likeness (QED) is 0.357. The highest BCUT2D eigenvalue weighted by atomic mass is 32.1. The van der Waals surface area contributed by atoms with Gasteiger partial charge in [-0.1, -0.05) is 85.3 Å². The molecule has 3 aromatic carbocycles. The van der Waals surface area contributed by atoms with Crippen LogP contribution in [0, 0.1) is 12.8 Å². The third-order valence-electron chi connectivity index (χ3n) is 5.19. The number of hydrogen-bond donors (Lipinski definition) is 3. The summed E-state index contributed by atoms with van der Waals surface area (Å²) in [6.45, 7) is 5.76. The molecule has 0 fully saturated rings. The van der Waals surface area contributed by atoms with Crippen LogP contribution in [0.1, 0.15) is 19.4 Å². The molecule has 0 aliphatic rings. The summed E-state index contributed by atoms with van der Waals surface area (Å²) < 4.78 is 0. The van der Waals surface area contributed by atoms with Crippen molar-refractivity contribution in [1.29, 1.82) is 0 Å². The van der Waals surface area contributed by atoms with E-state index < -0.39 is 12.1 Å². The van der Waals surface area contributed by atoms with E-state index >= 15 is 0 Å². The molecule has 7 nitrogen and oxygen atoms in total. The standard InChI is InChI=1S/C25H25N5O2S/c1-15(2)21(27-24(32)26-20-13-7-10-17-9-4-5-12-19(17)20)22(31)28-25-30-29-23(33-25)18-11-6-8-16(3)14-18/h4-15,21H,1-3H3,(H2,26,27,32)(H,28,30,31). The number of rotatable bonds is 6. The zero-order valence-corrected chi connectivity index (χ0v) is 19.4. The van der Waals surface area contributed by atoms with Crippen molar-refractivity contribution in [2.45, 2.75) is 26.8 Å². The molecule has 4 rings (SSSR count). The highest BCUT2D eigenvalue weighted by Crippen LogP contribution is 2.27. The number of aryl methyl sites for hydroxylation is 1. The maximum absolute atomic E-state index is 12.9. The van der Waals surface area contributed by atoms with Crippen LogP contribution < -0.4 is 16.0 Å². The third-order valence-corrected chi connectivity index (χ3v) is 6.08. The molecule has 0 saturated carbocycles. The molecule has 0 saturated heterocycles. The van der Waals surface area contributed by atoms with E-state index in [-0.39, 0.29) is 11.8 Å². The molecule has 0 spiro atoms. The van der Waals surface area contributed by atoms with Crippen LogP contribution in [0.3, 0.4) is 0 Å². The smallest absolute Gasteiger partial charge is 0.319 e. The first-order valence-corrected chi connectivity index (χ1v) is 11.5. The van der Waals surface area contributed by atoms with Crippen molar-refractivity contribution >= 4 is 44.9 Å². The molecule has 1 aromatic heterocycles. The van der Waals surface area contributed by atoms with Gasteiger partial charge in [-0.05, 0) is 30.4 Å². The van der Waals surface area contributed by atoms with Gasteiger partial charge in [0.05, 0.1) is 5.69 Å². The molecule has 33 heavy (non-hydrogen) atoms. The maximum atomic E-state index is 12.9. The lowest BCUT2D eigenvalue weighted by Crippen LogP contribution is -2.48. The number of carbonyl (C=O) groups excluding carboxylic acids is 2. The Morgan fingerprint density at radius 1 is 0.909 bits per heavy atom. The second-order valence-electron chi connectivity index (χ2n) is 8.12. The number of aromatic nitrogens is 2. The van der Waals surface area contributed by atoms with Gasteiger partial charge in [0.25, 0.3) is 0 Å². The number of nitrogens with one attached hydrogen (secondary N) is 3. The van der Waals surface area contributed by atoms with Gasteiger partial charge >= 0.3 is 6.03 Å². The van der Waals surface area contributed by atoms with E-state index in [0.717, 1.165) is 26.9 Å². The van der Waals surface area contributed by atoms with Gasteiger partial charge in [0, 0.05) is 10.9 Å². The summed E-state index contributed by atoms with van der Waals surface area (Å²) in [6, 6.07) is 20.2. The molecule has 3 amide bonds. The van der Waals surface area contributed by atoms with Gasteiger partial charge < -0.3 is 10.6 Å². The Balaban J connectivity index is 1.44. The van der Waals surface area contributed by atoms with E-state index in [1.54, 1.807) is 0 Å². The van der Waals surface area contributed by atoms with Gasteiger partial charge in [-0.15, -0.1) is 10.2 Å². The Hall–Kier alpha value is -3.78. The fourth-order valence-electron chi connectivity index (χ4n) is 3.52. The molecule has 168 valence electrons. The third kappa shape index (κ3) is 5.35. The second-order valence-corrected chi connectivity index (χ2v) is 9.10. The van der Waals surface area contributed by atoms with Gasteiger partial charge in [-0.3, -0.25) is 10.1 Å². The molecule has 1 heterocycles. The Bertz CT molecular complexity index is 1300. The van der Waals surface area contributed by atoms with Gasteiger partial charge in [-0.2, -0.15) is 0 Å². The molecule has 0 aliphatic heterocycles. The van der Waals surface area contributed by atoms with E-state index in [9.17, 15) is 9.59 Å². The predicted molar refractivity (Wildman–Crippen MR) is 133 cm³/mol. The van der Waals surface area contributed by atoms with Crippen LogP contribution in [0.5, 0.6) is 0 Å². The average molecular weight is 460 g/mol. The molecular weight excluding hydrogens is 434 g/mol. The van der Waals surface area contributed by atoms with Gasteiger partial charge in [0.2, 0.25) is 11.0 Å². The minimum atomic E-state index is -0.744. The Labute approximate surface area is 196 Å². The maximum Gasteiger partial charge on any atom is 0.319 e. The van der Waals surface area contributed by atoms with Crippen molar-refractivity contribution in [2.75, 3.05) is 10.6 Å². The first-order valence-electron chi connectivity index (χ1n) is 10.7. The van der Waals surface area contributed by atoms with E-state index in [0.29, 0.717) is 10.8 Å². The first-order chi connectivity index (χ1) is 15.9. The number of urea groups is 1. The zero-order chi connectivity index (χ0) is 23.4. The molecule has 3 N–H and O–H groups in total. The fraction of sp³-hybridized carbons (Fsp3) is 0.200. The van der Waals surface area contributed by atoms with Crippen LogP contribution in [-0.2, 0) is 4.79 Å². The summed E-state index contributed by atoms with van der Waals surface area (Å²) >= 11 is 1.29. The summed E-state index contributed by atoms with van der Waals surface area (Å²) in [6.07, 6.45) is 0. The van der Waals surface area contributed by atoms with Crippen molar-refractivity contribution in [2.24, 2.45) is 5.92 Å². The summed E-state index contributed by atoms with van der Waals surface area (Å²) in [4.78, 5) is 25.7. The van der Waals surface area contributed by atoms with Crippen LogP contribution in [0.15, 0.2) is 66.7 Å². The lowest BCUT2D eigenvalue weighted by molar-refractivity contribution is -0.118. The van der Waals surface area contributed by atoms with Gasteiger partial charge in [0.1, 0.15) is 11.0 Å². The topological polar surface area (TPSA) is 96.0 Å². The van der Waals surface area contributed by atoms with Crippen LogP contribution in [-0.4, -0.2) is 28.2 Å². The van der Waals surface area contributed by atoms with Crippen LogP contribution in [0.2, 0.25) is 0 Å². The largest absolute Gasteiger partial charge is 0.326 e. The zero-order valence-electron chi connectivity index (χ0n) is 18.6. The Kier molecular flexibility index (Phi) is 6.65. The average Bonchev–Trinajstić information content (AvgIpc) is 3.26. The monoisotopic (exact) mass is 459 g/mol. The van der Waals surface area contributed by atoms with E-state index in [4.69, 9.17) is 0 Å². The summed E-state index contributed by atoms with van der Waals surface area (Å²) in [7, 11) is 0. The lowest BCUT2D eigenvalue weighted by atomic mass is 10.0. The number of fused-ring (bicyclic) bond motifs is 1. The van der Waals surface area contributed by atoms with Crippen molar-refractivity contribution < 1.29 is 9.59 Å². The number of benzene rings is 3. The number of anilines is 2. The van der Waals surface area contributed by atoms with Crippen LogP contribution in [0.4, 0.5) is 15.6 Å². The number of nitrogens with zero attached hydrogens (tertiary/aromatic N) is 2. The van der Waals surface area contributed by atoms with Crippen molar-refractivity contribution in [3.8, 4) is 10.6 Å². The summed E-state index contributed by atoms with van der Waals surface area (Å²) in [5.41, 5.74) is 2.75.